The molecule has 1 saturated carbocycles. The van der Waals surface area contributed by atoms with E-state index in [0.29, 0.717) is 32.1 Å². The summed E-state index contributed by atoms with van der Waals surface area (Å²) < 4.78 is 48.6. The van der Waals surface area contributed by atoms with Crippen LogP contribution in [0.3, 0.4) is 0 Å². The maximum atomic E-state index is 12.6. The van der Waals surface area contributed by atoms with E-state index >= 15 is 0 Å². The highest BCUT2D eigenvalue weighted by atomic mass is 19.4. The molecule has 1 aromatic rings. The lowest BCUT2D eigenvalue weighted by atomic mass is 9.62. The standard InChI is InChI=1S/C16H20F3N3O3/c1-14(2,3)25-13(23)22-8-15(9-22)4-10(5-15)24-12-7-20-6-11(21-12)16(17,18)19/h6-7,10H,4-5,8-9H2,1-3H3. The summed E-state index contributed by atoms with van der Waals surface area (Å²) in [4.78, 5) is 20.5. The minimum atomic E-state index is -4.55. The number of aromatic nitrogens is 2. The van der Waals surface area contributed by atoms with E-state index in [1.54, 1.807) is 4.90 Å². The van der Waals surface area contributed by atoms with Crippen molar-refractivity contribution in [1.29, 1.82) is 0 Å². The third-order valence-electron chi connectivity index (χ3n) is 4.22. The van der Waals surface area contributed by atoms with Gasteiger partial charge in [0.05, 0.1) is 12.4 Å². The summed E-state index contributed by atoms with van der Waals surface area (Å²) in [6.07, 6.45) is -1.91. The third-order valence-corrected chi connectivity index (χ3v) is 4.22. The van der Waals surface area contributed by atoms with Crippen molar-refractivity contribution in [2.45, 2.75) is 51.5 Å². The predicted molar refractivity (Wildman–Crippen MR) is 80.9 cm³/mol. The Balaban J connectivity index is 1.48. The fourth-order valence-corrected chi connectivity index (χ4v) is 3.18. The Morgan fingerprint density at radius 2 is 1.88 bits per heavy atom. The van der Waals surface area contributed by atoms with Crippen LogP contribution >= 0.6 is 0 Å². The summed E-state index contributed by atoms with van der Waals surface area (Å²) in [6.45, 7) is 6.59. The maximum Gasteiger partial charge on any atom is 0.435 e. The minimum absolute atomic E-state index is 0.0172. The van der Waals surface area contributed by atoms with Gasteiger partial charge in [-0.1, -0.05) is 0 Å². The van der Waals surface area contributed by atoms with Crippen LogP contribution in [-0.2, 0) is 10.9 Å². The van der Waals surface area contributed by atoms with E-state index < -0.39 is 17.5 Å². The molecule has 2 aliphatic rings. The first-order valence-corrected chi connectivity index (χ1v) is 8.00. The highest BCUT2D eigenvalue weighted by Crippen LogP contribution is 2.49. The van der Waals surface area contributed by atoms with E-state index in [0.717, 1.165) is 0 Å². The van der Waals surface area contributed by atoms with Gasteiger partial charge in [0, 0.05) is 18.5 Å². The number of hydrogen-bond acceptors (Lipinski definition) is 5. The molecule has 1 aliphatic carbocycles. The van der Waals surface area contributed by atoms with Crippen molar-refractivity contribution in [1.82, 2.24) is 14.9 Å². The van der Waals surface area contributed by atoms with Crippen molar-refractivity contribution < 1.29 is 27.4 Å². The summed E-state index contributed by atoms with van der Waals surface area (Å²) in [5.41, 5.74) is -1.62. The number of halogens is 3. The second-order valence-corrected chi connectivity index (χ2v) is 7.72. The zero-order valence-electron chi connectivity index (χ0n) is 14.3. The Kier molecular flexibility index (Phi) is 4.08. The van der Waals surface area contributed by atoms with Gasteiger partial charge in [0.1, 0.15) is 11.7 Å². The van der Waals surface area contributed by atoms with Gasteiger partial charge in [-0.15, -0.1) is 0 Å². The molecule has 1 amide bonds. The first-order valence-electron chi connectivity index (χ1n) is 8.00. The van der Waals surface area contributed by atoms with Crippen LogP contribution in [0.15, 0.2) is 12.4 Å². The van der Waals surface area contributed by atoms with Gasteiger partial charge in [-0.3, -0.25) is 4.98 Å². The van der Waals surface area contributed by atoms with Gasteiger partial charge in [-0.25, -0.2) is 9.78 Å². The lowest BCUT2D eigenvalue weighted by Gasteiger charge is -2.57. The van der Waals surface area contributed by atoms with Crippen LogP contribution in [0, 0.1) is 5.41 Å². The van der Waals surface area contributed by atoms with Gasteiger partial charge >= 0.3 is 12.3 Å². The van der Waals surface area contributed by atoms with Gasteiger partial charge in [0.15, 0.2) is 5.69 Å². The van der Waals surface area contributed by atoms with Crippen LogP contribution in [0.4, 0.5) is 18.0 Å². The number of ether oxygens (including phenoxy) is 2. The summed E-state index contributed by atoms with van der Waals surface area (Å²) >= 11 is 0. The molecule has 2 fully saturated rings. The molecule has 1 saturated heterocycles. The zero-order valence-corrected chi connectivity index (χ0v) is 14.3. The third kappa shape index (κ3) is 3.96. The van der Waals surface area contributed by atoms with Crippen LogP contribution in [0.5, 0.6) is 5.88 Å². The van der Waals surface area contributed by atoms with Crippen molar-refractivity contribution in [2.24, 2.45) is 5.41 Å². The molecule has 0 aromatic carbocycles. The van der Waals surface area contributed by atoms with E-state index in [2.05, 4.69) is 9.97 Å². The molecule has 0 unspecified atom stereocenters. The lowest BCUT2D eigenvalue weighted by molar-refractivity contribution is -0.142. The Hall–Kier alpha value is -2.06. The second kappa shape index (κ2) is 5.74. The monoisotopic (exact) mass is 359 g/mol. The summed E-state index contributed by atoms with van der Waals surface area (Å²) in [5.74, 6) is -0.127. The largest absolute Gasteiger partial charge is 0.473 e. The minimum Gasteiger partial charge on any atom is -0.473 e. The maximum absolute atomic E-state index is 12.6. The zero-order chi connectivity index (χ0) is 18.5. The van der Waals surface area contributed by atoms with Crippen LogP contribution in [0.25, 0.3) is 0 Å². The van der Waals surface area contributed by atoms with Gasteiger partial charge in [-0.2, -0.15) is 13.2 Å². The average Bonchev–Trinajstić information content (AvgIpc) is 2.37. The number of hydrogen-bond donors (Lipinski definition) is 0. The molecule has 138 valence electrons. The van der Waals surface area contributed by atoms with E-state index in [9.17, 15) is 18.0 Å². The fourth-order valence-electron chi connectivity index (χ4n) is 3.18. The first kappa shape index (κ1) is 17.8. The van der Waals surface area contributed by atoms with Crippen molar-refractivity contribution in [2.75, 3.05) is 13.1 Å². The molecule has 6 nitrogen and oxygen atoms in total. The van der Waals surface area contributed by atoms with Crippen LogP contribution < -0.4 is 4.74 Å². The van der Waals surface area contributed by atoms with E-state index in [4.69, 9.17) is 9.47 Å². The van der Waals surface area contributed by atoms with Crippen LogP contribution in [0.1, 0.15) is 39.3 Å². The molecule has 1 aromatic heterocycles. The molecule has 1 spiro atoms. The Morgan fingerprint density at radius 3 is 2.44 bits per heavy atom. The lowest BCUT2D eigenvalue weighted by Crippen LogP contribution is -2.66. The molecule has 0 atom stereocenters. The molecule has 2 heterocycles. The fraction of sp³-hybridized carbons (Fsp3) is 0.688. The quantitative estimate of drug-likeness (QED) is 0.811. The number of amides is 1. The van der Waals surface area contributed by atoms with Crippen LogP contribution in [0.2, 0.25) is 0 Å². The smallest absolute Gasteiger partial charge is 0.435 e. The molecular formula is C16H20F3N3O3. The van der Waals surface area contributed by atoms with Gasteiger partial charge in [0.25, 0.3) is 0 Å². The first-order chi connectivity index (χ1) is 11.5. The number of carbonyl (C=O) groups excluding carboxylic acids is 1. The average molecular weight is 359 g/mol. The number of alkyl halides is 3. The van der Waals surface area contributed by atoms with Crippen molar-refractivity contribution in [3.05, 3.63) is 18.1 Å². The van der Waals surface area contributed by atoms with Crippen molar-refractivity contribution in [3.8, 4) is 5.88 Å². The molecule has 0 radical (unpaired) electrons. The number of rotatable bonds is 2. The summed E-state index contributed by atoms with van der Waals surface area (Å²) in [6, 6.07) is 0. The van der Waals surface area contributed by atoms with Gasteiger partial charge in [0.2, 0.25) is 5.88 Å². The topological polar surface area (TPSA) is 64.5 Å². The normalized spacial score (nSPS) is 20.0. The van der Waals surface area contributed by atoms with E-state index in [-0.39, 0.29) is 23.5 Å². The summed E-state index contributed by atoms with van der Waals surface area (Å²) in [7, 11) is 0. The van der Waals surface area contributed by atoms with E-state index in [1.807, 2.05) is 20.8 Å². The number of carbonyl (C=O) groups is 1. The van der Waals surface area contributed by atoms with E-state index in [1.165, 1.54) is 6.20 Å². The Morgan fingerprint density at radius 1 is 1.24 bits per heavy atom. The molecular weight excluding hydrogens is 339 g/mol. The molecule has 9 heteroatoms. The van der Waals surface area contributed by atoms with Crippen molar-refractivity contribution in [3.63, 3.8) is 0 Å². The second-order valence-electron chi connectivity index (χ2n) is 7.72. The summed E-state index contributed by atoms with van der Waals surface area (Å²) in [5, 5.41) is 0. The Bertz CT molecular complexity index is 659. The molecule has 3 rings (SSSR count). The highest BCUT2D eigenvalue weighted by Gasteiger charge is 2.55. The molecule has 25 heavy (non-hydrogen) atoms. The molecule has 1 aliphatic heterocycles. The predicted octanol–water partition coefficient (Wildman–Crippen LogP) is 3.27. The van der Waals surface area contributed by atoms with Gasteiger partial charge in [-0.05, 0) is 33.6 Å². The van der Waals surface area contributed by atoms with Crippen molar-refractivity contribution >= 4 is 6.09 Å². The number of nitrogens with zero attached hydrogens (tertiary/aromatic N) is 3. The molecule has 0 bridgehead atoms. The van der Waals surface area contributed by atoms with Crippen LogP contribution in [-0.4, -0.2) is 45.8 Å². The number of likely N-dealkylation sites (tertiary alicyclic amines) is 1. The highest BCUT2D eigenvalue weighted by molar-refractivity contribution is 5.69. The SMILES string of the molecule is CC(C)(C)OC(=O)N1CC2(CC(Oc3cncc(C(F)(F)F)n3)C2)C1. The Labute approximate surface area is 143 Å². The molecule has 0 N–H and O–H groups in total. The van der Waals surface area contributed by atoms with Gasteiger partial charge < -0.3 is 14.4 Å².